The fourth-order valence-corrected chi connectivity index (χ4v) is 2.54. The number of ether oxygens (including phenoxy) is 1. The van der Waals surface area contributed by atoms with Gasteiger partial charge in [-0.05, 0) is 38.0 Å². The maximum Gasteiger partial charge on any atom is 0.417 e. The molecule has 2 rings (SSSR count). The number of nitrogens with zero attached hydrogens (tertiary/aromatic N) is 1. The van der Waals surface area contributed by atoms with E-state index in [0.717, 1.165) is 18.9 Å². The van der Waals surface area contributed by atoms with Gasteiger partial charge in [0.25, 0.3) is 0 Å². The molecule has 1 fully saturated rings. The van der Waals surface area contributed by atoms with E-state index in [4.69, 9.17) is 4.74 Å². The summed E-state index contributed by atoms with van der Waals surface area (Å²) in [5.74, 6) is 0. The molecule has 0 amide bonds. The summed E-state index contributed by atoms with van der Waals surface area (Å²) in [6.45, 7) is 3.74. The van der Waals surface area contributed by atoms with Gasteiger partial charge in [0.15, 0.2) is 6.29 Å². The van der Waals surface area contributed by atoms with Crippen LogP contribution in [0.2, 0.25) is 0 Å². The Balaban J connectivity index is 2.26. The van der Waals surface area contributed by atoms with E-state index in [-0.39, 0.29) is 18.0 Å². The first-order chi connectivity index (χ1) is 9.95. The number of benzene rings is 1. The third-order valence-electron chi connectivity index (χ3n) is 3.66. The second kappa shape index (κ2) is 6.47. The van der Waals surface area contributed by atoms with Crippen LogP contribution in [0.5, 0.6) is 0 Å². The van der Waals surface area contributed by atoms with Crippen LogP contribution >= 0.6 is 0 Å². The van der Waals surface area contributed by atoms with Gasteiger partial charge in [-0.15, -0.1) is 0 Å². The molecular weight excluding hydrogens is 283 g/mol. The molecule has 1 aromatic rings. The highest BCUT2D eigenvalue weighted by atomic mass is 19.4. The number of halogens is 3. The molecule has 1 aromatic carbocycles. The van der Waals surface area contributed by atoms with Crippen molar-refractivity contribution in [3.8, 4) is 0 Å². The van der Waals surface area contributed by atoms with Gasteiger partial charge in [-0.2, -0.15) is 13.2 Å². The summed E-state index contributed by atoms with van der Waals surface area (Å²) in [6, 6.07) is 3.82. The SMILES string of the molecule is CCN(CC1CCCO1)c1ccc(C=O)c(C(F)(F)F)c1. The Morgan fingerprint density at radius 1 is 1.43 bits per heavy atom. The minimum absolute atomic E-state index is 0.0602. The lowest BCUT2D eigenvalue weighted by Gasteiger charge is -2.27. The minimum atomic E-state index is -4.53. The van der Waals surface area contributed by atoms with Crippen molar-refractivity contribution in [3.63, 3.8) is 0 Å². The van der Waals surface area contributed by atoms with Crippen molar-refractivity contribution in [1.82, 2.24) is 0 Å². The first-order valence-corrected chi connectivity index (χ1v) is 6.98. The molecule has 0 aliphatic carbocycles. The molecule has 6 heteroatoms. The molecule has 0 saturated carbocycles. The van der Waals surface area contributed by atoms with Crippen molar-refractivity contribution in [1.29, 1.82) is 0 Å². The standard InChI is InChI=1S/C15H18F3NO2/c1-2-19(9-13-4-3-7-21-13)12-6-5-11(10-20)14(8-12)15(16,17)18/h5-6,8,10,13H,2-4,7,9H2,1H3. The molecule has 1 saturated heterocycles. The lowest BCUT2D eigenvalue weighted by molar-refractivity contribution is -0.137. The van der Waals surface area contributed by atoms with Crippen molar-refractivity contribution in [2.45, 2.75) is 32.0 Å². The Bertz CT molecular complexity index is 496. The van der Waals surface area contributed by atoms with E-state index in [1.54, 1.807) is 6.07 Å². The maximum atomic E-state index is 13.0. The third kappa shape index (κ3) is 3.75. The highest BCUT2D eigenvalue weighted by molar-refractivity contribution is 5.79. The number of aldehydes is 1. The van der Waals surface area contributed by atoms with E-state index in [9.17, 15) is 18.0 Å². The molecule has 3 nitrogen and oxygen atoms in total. The number of alkyl halides is 3. The van der Waals surface area contributed by atoms with Gasteiger partial charge < -0.3 is 9.64 Å². The predicted octanol–water partition coefficient (Wildman–Crippen LogP) is 3.52. The summed E-state index contributed by atoms with van der Waals surface area (Å²) < 4.78 is 44.5. The Kier molecular flexibility index (Phi) is 4.88. The van der Waals surface area contributed by atoms with Gasteiger partial charge in [-0.1, -0.05) is 0 Å². The average molecular weight is 301 g/mol. The van der Waals surface area contributed by atoms with E-state index in [1.165, 1.54) is 6.07 Å². The molecule has 0 N–H and O–H groups in total. The van der Waals surface area contributed by atoms with Gasteiger partial charge in [0.05, 0.1) is 11.7 Å². The fraction of sp³-hybridized carbons (Fsp3) is 0.533. The normalized spacial score (nSPS) is 18.8. The van der Waals surface area contributed by atoms with E-state index < -0.39 is 11.7 Å². The first-order valence-electron chi connectivity index (χ1n) is 6.98. The average Bonchev–Trinajstić information content (AvgIpc) is 2.96. The minimum Gasteiger partial charge on any atom is -0.376 e. The second-order valence-corrected chi connectivity index (χ2v) is 5.06. The van der Waals surface area contributed by atoms with Gasteiger partial charge >= 0.3 is 6.18 Å². The summed E-state index contributed by atoms with van der Waals surface area (Å²) in [7, 11) is 0. The topological polar surface area (TPSA) is 29.5 Å². The smallest absolute Gasteiger partial charge is 0.376 e. The van der Waals surface area contributed by atoms with E-state index in [1.807, 2.05) is 11.8 Å². The largest absolute Gasteiger partial charge is 0.417 e. The van der Waals surface area contributed by atoms with Crippen LogP contribution in [0.1, 0.15) is 35.7 Å². The molecule has 1 aliphatic rings. The summed E-state index contributed by atoms with van der Waals surface area (Å²) in [5, 5.41) is 0. The number of rotatable bonds is 5. The van der Waals surface area contributed by atoms with Crippen LogP contribution in [-0.2, 0) is 10.9 Å². The number of hydrogen-bond donors (Lipinski definition) is 0. The van der Waals surface area contributed by atoms with Gasteiger partial charge in [0.1, 0.15) is 0 Å². The van der Waals surface area contributed by atoms with Crippen LogP contribution in [0, 0.1) is 0 Å². The Morgan fingerprint density at radius 3 is 2.71 bits per heavy atom. The molecule has 0 spiro atoms. The molecule has 0 bridgehead atoms. The summed E-state index contributed by atoms with van der Waals surface area (Å²) in [6.07, 6.45) is -2.32. The Hall–Kier alpha value is -1.56. The van der Waals surface area contributed by atoms with Crippen LogP contribution in [0.4, 0.5) is 18.9 Å². The van der Waals surface area contributed by atoms with E-state index in [0.29, 0.717) is 25.4 Å². The van der Waals surface area contributed by atoms with Crippen molar-refractivity contribution in [2.75, 3.05) is 24.6 Å². The zero-order valence-electron chi connectivity index (χ0n) is 11.8. The van der Waals surface area contributed by atoms with Gasteiger partial charge in [0, 0.05) is 30.9 Å². The number of anilines is 1. The molecular formula is C15H18F3NO2. The second-order valence-electron chi connectivity index (χ2n) is 5.06. The number of hydrogen-bond acceptors (Lipinski definition) is 3. The number of carbonyl (C=O) groups is 1. The monoisotopic (exact) mass is 301 g/mol. The molecule has 21 heavy (non-hydrogen) atoms. The Labute approximate surface area is 121 Å². The fourth-order valence-electron chi connectivity index (χ4n) is 2.54. The van der Waals surface area contributed by atoms with Crippen molar-refractivity contribution in [3.05, 3.63) is 29.3 Å². The van der Waals surface area contributed by atoms with Crippen LogP contribution in [0.3, 0.4) is 0 Å². The molecule has 116 valence electrons. The molecule has 1 aliphatic heterocycles. The van der Waals surface area contributed by atoms with Gasteiger partial charge in [0.2, 0.25) is 0 Å². The zero-order valence-corrected chi connectivity index (χ0v) is 11.8. The maximum absolute atomic E-state index is 13.0. The van der Waals surface area contributed by atoms with Crippen molar-refractivity contribution >= 4 is 12.0 Å². The first kappa shape index (κ1) is 15.8. The van der Waals surface area contributed by atoms with Crippen molar-refractivity contribution < 1.29 is 22.7 Å². The predicted molar refractivity (Wildman–Crippen MR) is 73.7 cm³/mol. The van der Waals surface area contributed by atoms with Gasteiger partial charge in [-0.25, -0.2) is 0 Å². The van der Waals surface area contributed by atoms with Crippen molar-refractivity contribution in [2.24, 2.45) is 0 Å². The molecule has 1 atom stereocenters. The highest BCUT2D eigenvalue weighted by Crippen LogP contribution is 2.34. The molecule has 0 radical (unpaired) electrons. The summed E-state index contributed by atoms with van der Waals surface area (Å²) in [5.41, 5.74) is -0.758. The number of likely N-dealkylation sites (N-methyl/N-ethyl adjacent to an activating group) is 1. The lowest BCUT2D eigenvalue weighted by atomic mass is 10.1. The molecule has 1 heterocycles. The lowest BCUT2D eigenvalue weighted by Crippen LogP contribution is -2.32. The highest BCUT2D eigenvalue weighted by Gasteiger charge is 2.34. The summed E-state index contributed by atoms with van der Waals surface area (Å²) in [4.78, 5) is 12.6. The van der Waals surface area contributed by atoms with Crippen LogP contribution in [-0.4, -0.2) is 32.1 Å². The number of carbonyl (C=O) groups excluding carboxylic acids is 1. The Morgan fingerprint density at radius 2 is 2.19 bits per heavy atom. The molecule has 0 aromatic heterocycles. The molecule has 1 unspecified atom stereocenters. The summed E-state index contributed by atoms with van der Waals surface area (Å²) >= 11 is 0. The third-order valence-corrected chi connectivity index (χ3v) is 3.66. The van der Waals surface area contributed by atoms with Gasteiger partial charge in [-0.3, -0.25) is 4.79 Å². The van der Waals surface area contributed by atoms with E-state index in [2.05, 4.69) is 0 Å². The quantitative estimate of drug-likeness (QED) is 0.779. The van der Waals surface area contributed by atoms with Crippen LogP contribution < -0.4 is 4.90 Å². The van der Waals surface area contributed by atoms with Crippen LogP contribution in [0.25, 0.3) is 0 Å². The van der Waals surface area contributed by atoms with Crippen LogP contribution in [0.15, 0.2) is 18.2 Å². The van der Waals surface area contributed by atoms with E-state index >= 15 is 0 Å². The zero-order chi connectivity index (χ0) is 15.5.